The van der Waals surface area contributed by atoms with Gasteiger partial charge in [-0.3, -0.25) is 0 Å². The number of unbranched alkanes of at least 4 members (excludes halogenated alkanes) is 3. The molecular formula is C29H36O. The van der Waals surface area contributed by atoms with Gasteiger partial charge in [0.05, 0.1) is 6.61 Å². The van der Waals surface area contributed by atoms with Gasteiger partial charge in [0.2, 0.25) is 0 Å². The van der Waals surface area contributed by atoms with Crippen LogP contribution in [0.3, 0.4) is 0 Å². The van der Waals surface area contributed by atoms with Crippen molar-refractivity contribution < 1.29 is 4.74 Å². The molecule has 0 aliphatic rings. The summed E-state index contributed by atoms with van der Waals surface area (Å²) in [6, 6.07) is 26.7. The van der Waals surface area contributed by atoms with Crippen molar-refractivity contribution in [2.45, 2.75) is 65.2 Å². The number of ether oxygens (including phenoxy) is 1. The Labute approximate surface area is 183 Å². The zero-order valence-corrected chi connectivity index (χ0v) is 18.7. The van der Waals surface area contributed by atoms with Crippen molar-refractivity contribution in [3.05, 3.63) is 89.5 Å². The van der Waals surface area contributed by atoms with Gasteiger partial charge < -0.3 is 4.74 Å². The lowest BCUT2D eigenvalue weighted by Crippen LogP contribution is -1.97. The average Bonchev–Trinajstić information content (AvgIpc) is 2.80. The molecule has 0 N–H and O–H groups in total. The van der Waals surface area contributed by atoms with E-state index < -0.39 is 0 Å². The lowest BCUT2D eigenvalue weighted by molar-refractivity contribution is 0.309. The largest absolute Gasteiger partial charge is 0.494 e. The van der Waals surface area contributed by atoms with E-state index in [1.807, 2.05) is 0 Å². The highest BCUT2D eigenvalue weighted by molar-refractivity contribution is 5.64. The first kappa shape index (κ1) is 22.2. The molecule has 3 rings (SSSR count). The zero-order valence-electron chi connectivity index (χ0n) is 18.7. The van der Waals surface area contributed by atoms with E-state index in [2.05, 4.69) is 86.6 Å². The van der Waals surface area contributed by atoms with Crippen molar-refractivity contribution >= 4 is 0 Å². The van der Waals surface area contributed by atoms with Crippen molar-refractivity contribution in [3.8, 4) is 16.9 Å². The number of benzene rings is 3. The Morgan fingerprint density at radius 2 is 0.967 bits per heavy atom. The molecular weight excluding hydrogens is 364 g/mol. The normalized spacial score (nSPS) is 10.9. The van der Waals surface area contributed by atoms with Crippen molar-refractivity contribution in [1.29, 1.82) is 0 Å². The SMILES string of the molecule is CCCCCc1ccc(-c2ccc(CCc3ccc(OCCCC)cc3)cc2)cc1. The Morgan fingerprint density at radius 1 is 0.500 bits per heavy atom. The summed E-state index contributed by atoms with van der Waals surface area (Å²) in [4.78, 5) is 0. The molecule has 3 aromatic carbocycles. The van der Waals surface area contributed by atoms with E-state index in [4.69, 9.17) is 4.74 Å². The summed E-state index contributed by atoms with van der Waals surface area (Å²) in [7, 11) is 0. The molecule has 0 atom stereocenters. The van der Waals surface area contributed by atoms with Gasteiger partial charge >= 0.3 is 0 Å². The van der Waals surface area contributed by atoms with Crippen LogP contribution in [0.25, 0.3) is 11.1 Å². The Hall–Kier alpha value is -2.54. The van der Waals surface area contributed by atoms with Crippen LogP contribution in [0.1, 0.15) is 62.6 Å². The van der Waals surface area contributed by atoms with Crippen LogP contribution in [0.5, 0.6) is 5.75 Å². The quantitative estimate of drug-likeness (QED) is 0.279. The van der Waals surface area contributed by atoms with Gasteiger partial charge in [0.25, 0.3) is 0 Å². The van der Waals surface area contributed by atoms with E-state index in [0.717, 1.165) is 31.6 Å². The predicted octanol–water partition coefficient (Wildman–Crippen LogP) is 8.05. The highest BCUT2D eigenvalue weighted by Gasteiger charge is 2.01. The molecule has 1 nitrogen and oxygen atoms in total. The molecule has 1 heteroatoms. The highest BCUT2D eigenvalue weighted by Crippen LogP contribution is 2.22. The Bertz CT molecular complexity index is 844. The van der Waals surface area contributed by atoms with Gasteiger partial charge in [0, 0.05) is 0 Å². The third kappa shape index (κ3) is 7.06. The molecule has 0 spiro atoms. The molecule has 0 fully saturated rings. The maximum Gasteiger partial charge on any atom is 0.119 e. The van der Waals surface area contributed by atoms with Gasteiger partial charge in [-0.25, -0.2) is 0 Å². The monoisotopic (exact) mass is 400 g/mol. The van der Waals surface area contributed by atoms with Crippen LogP contribution in [0.4, 0.5) is 0 Å². The van der Waals surface area contributed by atoms with Gasteiger partial charge in [-0.15, -0.1) is 0 Å². The van der Waals surface area contributed by atoms with Crippen LogP contribution < -0.4 is 4.74 Å². The summed E-state index contributed by atoms with van der Waals surface area (Å²) in [5, 5.41) is 0. The first-order chi connectivity index (χ1) is 14.8. The summed E-state index contributed by atoms with van der Waals surface area (Å²) in [6.07, 6.45) is 9.48. The van der Waals surface area contributed by atoms with E-state index in [1.165, 1.54) is 59.9 Å². The van der Waals surface area contributed by atoms with E-state index in [-0.39, 0.29) is 0 Å². The second-order valence-corrected chi connectivity index (χ2v) is 8.20. The molecule has 0 aliphatic carbocycles. The lowest BCUT2D eigenvalue weighted by atomic mass is 9.98. The standard InChI is InChI=1S/C29H36O/c1-3-5-7-8-24-11-17-27(18-12-24)28-19-13-25(14-20-28)9-10-26-15-21-29(22-16-26)30-23-6-4-2/h11-22H,3-10,23H2,1-2H3. The van der Waals surface area contributed by atoms with Gasteiger partial charge in [0.15, 0.2) is 0 Å². The first-order valence-electron chi connectivity index (χ1n) is 11.7. The third-order valence-electron chi connectivity index (χ3n) is 5.70. The molecule has 158 valence electrons. The second kappa shape index (κ2) is 12.2. The van der Waals surface area contributed by atoms with Crippen molar-refractivity contribution in [1.82, 2.24) is 0 Å². The second-order valence-electron chi connectivity index (χ2n) is 8.20. The molecule has 0 saturated carbocycles. The molecule has 0 amide bonds. The van der Waals surface area contributed by atoms with Crippen LogP contribution in [-0.4, -0.2) is 6.61 Å². The van der Waals surface area contributed by atoms with E-state index in [1.54, 1.807) is 0 Å². The fraction of sp³-hybridized carbons (Fsp3) is 0.379. The van der Waals surface area contributed by atoms with Crippen LogP contribution in [-0.2, 0) is 19.3 Å². The molecule has 0 heterocycles. The fourth-order valence-electron chi connectivity index (χ4n) is 3.68. The number of rotatable bonds is 12. The molecule has 0 bridgehead atoms. The van der Waals surface area contributed by atoms with Crippen molar-refractivity contribution in [2.75, 3.05) is 6.61 Å². The maximum atomic E-state index is 5.75. The lowest BCUT2D eigenvalue weighted by Gasteiger charge is -2.08. The van der Waals surface area contributed by atoms with Gasteiger partial charge in [-0.05, 0) is 72.1 Å². The molecule has 30 heavy (non-hydrogen) atoms. The summed E-state index contributed by atoms with van der Waals surface area (Å²) in [5.74, 6) is 0.980. The summed E-state index contributed by atoms with van der Waals surface area (Å²) in [5.41, 5.74) is 6.80. The van der Waals surface area contributed by atoms with E-state index in [0.29, 0.717) is 0 Å². The minimum atomic E-state index is 0.809. The molecule has 3 aromatic rings. The summed E-state index contributed by atoms with van der Waals surface area (Å²) < 4.78 is 5.75. The zero-order chi connectivity index (χ0) is 21.0. The van der Waals surface area contributed by atoms with Crippen molar-refractivity contribution in [3.63, 3.8) is 0 Å². The van der Waals surface area contributed by atoms with E-state index >= 15 is 0 Å². The Morgan fingerprint density at radius 3 is 1.47 bits per heavy atom. The van der Waals surface area contributed by atoms with Crippen molar-refractivity contribution in [2.24, 2.45) is 0 Å². The molecule has 0 saturated heterocycles. The molecule has 0 aliphatic heterocycles. The minimum Gasteiger partial charge on any atom is -0.494 e. The van der Waals surface area contributed by atoms with Crippen LogP contribution in [0, 0.1) is 0 Å². The first-order valence-corrected chi connectivity index (χ1v) is 11.7. The summed E-state index contributed by atoms with van der Waals surface area (Å²) >= 11 is 0. The number of hydrogen-bond acceptors (Lipinski definition) is 1. The Kier molecular flexibility index (Phi) is 9.03. The third-order valence-corrected chi connectivity index (χ3v) is 5.70. The van der Waals surface area contributed by atoms with Crippen LogP contribution in [0.2, 0.25) is 0 Å². The van der Waals surface area contributed by atoms with Gasteiger partial charge in [-0.1, -0.05) is 93.8 Å². The van der Waals surface area contributed by atoms with Gasteiger partial charge in [0.1, 0.15) is 5.75 Å². The van der Waals surface area contributed by atoms with Crippen LogP contribution >= 0.6 is 0 Å². The minimum absolute atomic E-state index is 0.809. The smallest absolute Gasteiger partial charge is 0.119 e. The Balaban J connectivity index is 1.49. The molecule has 0 aromatic heterocycles. The summed E-state index contributed by atoms with van der Waals surface area (Å²) in [6.45, 7) is 5.25. The highest BCUT2D eigenvalue weighted by atomic mass is 16.5. The molecule has 0 unspecified atom stereocenters. The molecule has 0 radical (unpaired) electrons. The number of hydrogen-bond donors (Lipinski definition) is 0. The predicted molar refractivity (Wildman–Crippen MR) is 129 cm³/mol. The number of aryl methyl sites for hydroxylation is 3. The fourth-order valence-corrected chi connectivity index (χ4v) is 3.68. The maximum absolute atomic E-state index is 5.75. The average molecular weight is 401 g/mol. The topological polar surface area (TPSA) is 9.23 Å². The van der Waals surface area contributed by atoms with Crippen LogP contribution in [0.15, 0.2) is 72.8 Å². The van der Waals surface area contributed by atoms with E-state index in [9.17, 15) is 0 Å². The van der Waals surface area contributed by atoms with Gasteiger partial charge in [-0.2, -0.15) is 0 Å².